The molecule has 1 N–H and O–H groups in total. The predicted molar refractivity (Wildman–Crippen MR) is 87.8 cm³/mol. The van der Waals surface area contributed by atoms with E-state index in [0.29, 0.717) is 12.2 Å². The van der Waals surface area contributed by atoms with E-state index in [-0.39, 0.29) is 5.91 Å². The normalized spacial score (nSPS) is 10.3. The van der Waals surface area contributed by atoms with Gasteiger partial charge in [-0.25, -0.2) is 0 Å². The minimum Gasteiger partial charge on any atom is -0.374 e. The fourth-order valence-corrected chi connectivity index (χ4v) is 2.07. The number of aromatic nitrogens is 2. The molecular weight excluding hydrogens is 276 g/mol. The number of nitrogens with one attached hydrogen (secondary N) is 1. The van der Waals surface area contributed by atoms with Gasteiger partial charge in [-0.15, -0.1) is 0 Å². The van der Waals surface area contributed by atoms with E-state index in [1.807, 2.05) is 37.4 Å². The smallest absolute Gasteiger partial charge is 0.270 e. The molecule has 0 atom stereocenters. The average molecular weight is 298 g/mol. The molecule has 2 aromatic rings. The van der Waals surface area contributed by atoms with Crippen molar-refractivity contribution in [1.29, 1.82) is 0 Å². The summed E-state index contributed by atoms with van der Waals surface area (Å²) >= 11 is 0. The van der Waals surface area contributed by atoms with Gasteiger partial charge >= 0.3 is 0 Å². The van der Waals surface area contributed by atoms with E-state index in [2.05, 4.69) is 27.1 Å². The van der Waals surface area contributed by atoms with E-state index in [1.54, 1.807) is 12.4 Å². The molecule has 0 aromatic carbocycles. The van der Waals surface area contributed by atoms with E-state index in [0.717, 1.165) is 30.8 Å². The van der Waals surface area contributed by atoms with Crippen LogP contribution in [0.5, 0.6) is 0 Å². The molecule has 0 aliphatic heterocycles. The highest BCUT2D eigenvalue weighted by Gasteiger charge is 2.09. The minimum absolute atomic E-state index is 0.184. The molecule has 2 aromatic heterocycles. The molecule has 5 heteroatoms. The van der Waals surface area contributed by atoms with Crippen LogP contribution in [0.1, 0.15) is 35.9 Å². The molecule has 0 unspecified atom stereocenters. The summed E-state index contributed by atoms with van der Waals surface area (Å²) in [5, 5.41) is 2.84. The maximum absolute atomic E-state index is 12.2. The highest BCUT2D eigenvalue weighted by Crippen LogP contribution is 2.13. The van der Waals surface area contributed by atoms with Crippen molar-refractivity contribution in [3.63, 3.8) is 0 Å². The second kappa shape index (κ2) is 8.12. The summed E-state index contributed by atoms with van der Waals surface area (Å²) in [5.74, 6) is -0.184. The fourth-order valence-electron chi connectivity index (χ4n) is 2.07. The molecular formula is C17H22N4O. The Labute approximate surface area is 131 Å². The molecule has 2 heterocycles. The quantitative estimate of drug-likeness (QED) is 0.853. The Hall–Kier alpha value is -2.43. The van der Waals surface area contributed by atoms with Gasteiger partial charge in [0.2, 0.25) is 0 Å². The first-order valence-corrected chi connectivity index (χ1v) is 7.56. The molecule has 1 amide bonds. The predicted octanol–water partition coefficient (Wildman–Crippen LogP) is 2.64. The largest absolute Gasteiger partial charge is 0.374 e. The van der Waals surface area contributed by atoms with E-state index < -0.39 is 0 Å². The van der Waals surface area contributed by atoms with Gasteiger partial charge < -0.3 is 10.2 Å². The van der Waals surface area contributed by atoms with Gasteiger partial charge in [-0.1, -0.05) is 19.4 Å². The van der Waals surface area contributed by atoms with E-state index in [9.17, 15) is 4.79 Å². The van der Waals surface area contributed by atoms with Crippen LogP contribution in [0.25, 0.3) is 0 Å². The van der Waals surface area contributed by atoms with Gasteiger partial charge in [0.1, 0.15) is 5.69 Å². The summed E-state index contributed by atoms with van der Waals surface area (Å²) in [5.41, 5.74) is 2.26. The Kier molecular flexibility index (Phi) is 5.89. The number of amides is 1. The zero-order chi connectivity index (χ0) is 15.8. The first-order valence-electron chi connectivity index (χ1n) is 7.56. The van der Waals surface area contributed by atoms with Crippen molar-refractivity contribution in [3.05, 3.63) is 54.1 Å². The number of unbranched alkanes of at least 4 members (excludes halogenated alkanes) is 1. The van der Waals surface area contributed by atoms with Gasteiger partial charge in [-0.05, 0) is 30.7 Å². The van der Waals surface area contributed by atoms with Crippen LogP contribution in [0.15, 0.2) is 42.7 Å². The van der Waals surface area contributed by atoms with Crippen molar-refractivity contribution in [2.45, 2.75) is 26.3 Å². The summed E-state index contributed by atoms with van der Waals surface area (Å²) in [6.45, 7) is 3.53. The summed E-state index contributed by atoms with van der Waals surface area (Å²) in [6.07, 6.45) is 5.66. The van der Waals surface area contributed by atoms with Gasteiger partial charge in [0.15, 0.2) is 0 Å². The van der Waals surface area contributed by atoms with Crippen LogP contribution in [-0.4, -0.2) is 29.5 Å². The van der Waals surface area contributed by atoms with Gasteiger partial charge in [0.25, 0.3) is 5.91 Å². The van der Waals surface area contributed by atoms with Gasteiger partial charge in [0, 0.05) is 31.7 Å². The van der Waals surface area contributed by atoms with Crippen molar-refractivity contribution in [3.8, 4) is 0 Å². The van der Waals surface area contributed by atoms with Crippen LogP contribution < -0.4 is 10.2 Å². The number of rotatable bonds is 7. The number of carbonyl (C=O) groups excluding carboxylic acids is 1. The Morgan fingerprint density at radius 1 is 1.23 bits per heavy atom. The second-order valence-electron chi connectivity index (χ2n) is 5.18. The van der Waals surface area contributed by atoms with Crippen LogP contribution in [0.3, 0.4) is 0 Å². The number of nitrogens with zero attached hydrogens (tertiary/aromatic N) is 3. The summed E-state index contributed by atoms with van der Waals surface area (Å²) in [4.78, 5) is 22.7. The minimum atomic E-state index is -0.184. The maximum atomic E-state index is 12.2. The highest BCUT2D eigenvalue weighted by molar-refractivity contribution is 5.93. The molecule has 0 fully saturated rings. The van der Waals surface area contributed by atoms with E-state index >= 15 is 0 Å². The van der Waals surface area contributed by atoms with Crippen molar-refractivity contribution in [1.82, 2.24) is 15.3 Å². The zero-order valence-corrected chi connectivity index (χ0v) is 13.1. The lowest BCUT2D eigenvalue weighted by Crippen LogP contribution is -2.25. The third kappa shape index (κ3) is 4.55. The third-order valence-electron chi connectivity index (χ3n) is 3.42. The summed E-state index contributed by atoms with van der Waals surface area (Å²) in [6, 6.07) is 9.37. The second-order valence-corrected chi connectivity index (χ2v) is 5.18. The number of hydrogen-bond donors (Lipinski definition) is 1. The Morgan fingerprint density at radius 2 is 2.09 bits per heavy atom. The maximum Gasteiger partial charge on any atom is 0.270 e. The van der Waals surface area contributed by atoms with Crippen LogP contribution >= 0.6 is 0 Å². The number of pyridine rings is 2. The lowest BCUT2D eigenvalue weighted by molar-refractivity contribution is 0.0945. The molecule has 0 spiro atoms. The number of carbonyl (C=O) groups is 1. The topological polar surface area (TPSA) is 58.1 Å². The molecule has 0 aliphatic carbocycles. The van der Waals surface area contributed by atoms with Crippen molar-refractivity contribution in [2.24, 2.45) is 0 Å². The zero-order valence-electron chi connectivity index (χ0n) is 13.1. The Balaban J connectivity index is 1.97. The van der Waals surface area contributed by atoms with Gasteiger partial charge in [-0.3, -0.25) is 14.8 Å². The summed E-state index contributed by atoms with van der Waals surface area (Å²) < 4.78 is 0. The lowest BCUT2D eigenvalue weighted by atomic mass is 10.2. The standard InChI is InChI=1S/C17H22N4O/c1-3-4-11-21(2)15-8-10-19-16(12-15)17(22)20-13-14-7-5-6-9-18-14/h5-10,12H,3-4,11,13H2,1-2H3,(H,20,22). The third-order valence-corrected chi connectivity index (χ3v) is 3.42. The fraction of sp³-hybridized carbons (Fsp3) is 0.353. The lowest BCUT2D eigenvalue weighted by Gasteiger charge is -2.19. The van der Waals surface area contributed by atoms with Crippen LogP contribution in [0.2, 0.25) is 0 Å². The average Bonchev–Trinajstić information content (AvgIpc) is 2.58. The molecule has 0 bridgehead atoms. The molecule has 0 aliphatic rings. The van der Waals surface area contributed by atoms with Gasteiger partial charge in [-0.2, -0.15) is 0 Å². The van der Waals surface area contributed by atoms with Crippen LogP contribution in [-0.2, 0) is 6.54 Å². The van der Waals surface area contributed by atoms with Crippen LogP contribution in [0, 0.1) is 0 Å². The Morgan fingerprint density at radius 3 is 2.82 bits per heavy atom. The molecule has 0 saturated carbocycles. The van der Waals surface area contributed by atoms with E-state index in [1.165, 1.54) is 0 Å². The molecule has 22 heavy (non-hydrogen) atoms. The monoisotopic (exact) mass is 298 g/mol. The molecule has 2 rings (SSSR count). The number of anilines is 1. The highest BCUT2D eigenvalue weighted by atomic mass is 16.1. The number of hydrogen-bond acceptors (Lipinski definition) is 4. The molecule has 0 radical (unpaired) electrons. The molecule has 116 valence electrons. The Bertz CT molecular complexity index is 601. The van der Waals surface area contributed by atoms with Crippen molar-refractivity contribution >= 4 is 11.6 Å². The van der Waals surface area contributed by atoms with Crippen LogP contribution in [0.4, 0.5) is 5.69 Å². The first-order chi connectivity index (χ1) is 10.7. The van der Waals surface area contributed by atoms with Crippen molar-refractivity contribution in [2.75, 3.05) is 18.5 Å². The molecule has 5 nitrogen and oxygen atoms in total. The van der Waals surface area contributed by atoms with Crippen molar-refractivity contribution < 1.29 is 4.79 Å². The van der Waals surface area contributed by atoms with E-state index in [4.69, 9.17) is 0 Å². The van der Waals surface area contributed by atoms with Gasteiger partial charge in [0.05, 0.1) is 12.2 Å². The summed E-state index contributed by atoms with van der Waals surface area (Å²) in [7, 11) is 2.03. The molecule has 0 saturated heterocycles. The first kappa shape index (κ1) is 15.9. The SMILES string of the molecule is CCCCN(C)c1ccnc(C(=O)NCc2ccccn2)c1.